The molecule has 1 heterocycles. The molecule has 0 saturated carbocycles. The molecule has 0 aliphatic carbocycles. The molecule has 1 aromatic heterocycles. The van der Waals surface area contributed by atoms with Crippen molar-refractivity contribution in [3.05, 3.63) is 75.4 Å². The summed E-state index contributed by atoms with van der Waals surface area (Å²) >= 11 is 17.8. The summed E-state index contributed by atoms with van der Waals surface area (Å²) in [7, 11) is 0. The number of benzene rings is 2. The zero-order valence-corrected chi connectivity index (χ0v) is 15.1. The minimum atomic E-state index is 0.172. The van der Waals surface area contributed by atoms with Gasteiger partial charge in [0.2, 0.25) is 0 Å². The molecule has 5 nitrogen and oxygen atoms in total. The molecule has 0 fully saturated rings. The van der Waals surface area contributed by atoms with Gasteiger partial charge >= 0.3 is 0 Å². The Morgan fingerprint density at radius 2 is 1.68 bits per heavy atom. The molecule has 1 N–H and O–H groups in total. The molecule has 0 saturated heterocycles. The van der Waals surface area contributed by atoms with E-state index >= 15 is 0 Å². The van der Waals surface area contributed by atoms with Gasteiger partial charge in [0.25, 0.3) is 5.95 Å². The van der Waals surface area contributed by atoms with Crippen molar-refractivity contribution in [3.8, 4) is 0 Å². The van der Waals surface area contributed by atoms with Crippen molar-refractivity contribution < 1.29 is 0 Å². The first-order chi connectivity index (χ1) is 12.1. The molecule has 2 aromatic carbocycles. The first kappa shape index (κ1) is 17.6. The van der Waals surface area contributed by atoms with Gasteiger partial charge in [-0.15, -0.1) is 5.11 Å². The zero-order valence-electron chi connectivity index (χ0n) is 12.8. The average Bonchev–Trinajstić information content (AvgIpc) is 2.57. The van der Waals surface area contributed by atoms with Gasteiger partial charge in [0.15, 0.2) is 0 Å². The maximum atomic E-state index is 6.03. The fraction of sp³-hybridized carbons (Fsp3) is 0.0588. The van der Waals surface area contributed by atoms with Crippen LogP contribution in [-0.4, -0.2) is 9.97 Å². The van der Waals surface area contributed by atoms with Crippen LogP contribution in [0.3, 0.4) is 0 Å². The summed E-state index contributed by atoms with van der Waals surface area (Å²) < 4.78 is 0. The highest BCUT2D eigenvalue weighted by Gasteiger charge is 2.03. The molecule has 0 spiro atoms. The van der Waals surface area contributed by atoms with Crippen molar-refractivity contribution in [3.63, 3.8) is 0 Å². The molecule has 3 aromatic rings. The van der Waals surface area contributed by atoms with E-state index in [0.29, 0.717) is 22.4 Å². The van der Waals surface area contributed by atoms with Crippen LogP contribution in [0.4, 0.5) is 17.5 Å². The van der Waals surface area contributed by atoms with Crippen molar-refractivity contribution >= 4 is 52.3 Å². The maximum Gasteiger partial charge on any atom is 0.271 e. The lowest BCUT2D eigenvalue weighted by molar-refractivity contribution is 0.927. The topological polar surface area (TPSA) is 62.5 Å². The molecule has 126 valence electrons. The van der Waals surface area contributed by atoms with Gasteiger partial charge in [-0.1, -0.05) is 46.9 Å². The molecule has 0 aliphatic rings. The van der Waals surface area contributed by atoms with E-state index in [1.807, 2.05) is 30.3 Å². The van der Waals surface area contributed by atoms with Crippen molar-refractivity contribution in [2.24, 2.45) is 10.2 Å². The highest BCUT2D eigenvalue weighted by molar-refractivity contribution is 6.31. The van der Waals surface area contributed by atoms with Crippen LogP contribution in [0.5, 0.6) is 0 Å². The maximum absolute atomic E-state index is 6.03. The number of halogens is 3. The predicted octanol–water partition coefficient (Wildman–Crippen LogP) is 6.46. The molecule has 0 amide bonds. The molecule has 8 heteroatoms. The number of anilines is 2. The van der Waals surface area contributed by atoms with E-state index in [-0.39, 0.29) is 11.1 Å². The fourth-order valence-electron chi connectivity index (χ4n) is 2.01. The number of hydrogen-bond donors (Lipinski definition) is 1. The van der Waals surface area contributed by atoms with Crippen LogP contribution in [0.1, 0.15) is 5.56 Å². The highest BCUT2D eigenvalue weighted by atomic mass is 35.5. The van der Waals surface area contributed by atoms with Crippen molar-refractivity contribution in [2.45, 2.75) is 6.54 Å². The van der Waals surface area contributed by atoms with Gasteiger partial charge in [-0.25, -0.2) is 0 Å². The summed E-state index contributed by atoms with van der Waals surface area (Å²) in [4.78, 5) is 8.32. The Labute approximate surface area is 159 Å². The Hall–Kier alpha value is -2.21. The molecular formula is C17H12Cl3N5. The molecule has 0 unspecified atom stereocenters. The number of aromatic nitrogens is 2. The van der Waals surface area contributed by atoms with Crippen molar-refractivity contribution in [2.75, 3.05) is 5.32 Å². The van der Waals surface area contributed by atoms with Crippen LogP contribution in [-0.2, 0) is 6.54 Å². The minimum absolute atomic E-state index is 0.172. The standard InChI is InChI=1S/C17H12Cl3N5/c18-12-4-6-14(7-5-12)22-16-9-15(20)23-17(24-16)25-21-10-11-2-1-3-13(19)8-11/h1-9H,10H2,(H,22,23,24). The Balaban J connectivity index is 1.72. The third-order valence-corrected chi connectivity index (χ3v) is 3.78. The van der Waals surface area contributed by atoms with Crippen LogP contribution in [0, 0.1) is 0 Å². The van der Waals surface area contributed by atoms with E-state index in [9.17, 15) is 0 Å². The fourth-order valence-corrected chi connectivity index (χ4v) is 2.53. The second kappa shape index (κ2) is 8.25. The Morgan fingerprint density at radius 1 is 0.880 bits per heavy atom. The summed E-state index contributed by atoms with van der Waals surface area (Å²) in [6.45, 7) is 0.371. The molecule has 0 atom stereocenters. The highest BCUT2D eigenvalue weighted by Crippen LogP contribution is 2.22. The van der Waals surface area contributed by atoms with Gasteiger partial charge in [0, 0.05) is 21.8 Å². The van der Waals surface area contributed by atoms with Gasteiger partial charge in [-0.05, 0) is 42.0 Å². The second-order valence-corrected chi connectivity index (χ2v) is 6.30. The summed E-state index contributed by atoms with van der Waals surface area (Å²) in [5.41, 5.74) is 1.76. The Morgan fingerprint density at radius 3 is 2.44 bits per heavy atom. The number of azo groups is 1. The van der Waals surface area contributed by atoms with Crippen LogP contribution < -0.4 is 5.32 Å². The van der Waals surface area contributed by atoms with E-state index in [0.717, 1.165) is 11.3 Å². The molecule has 3 rings (SSSR count). The first-order valence-corrected chi connectivity index (χ1v) is 8.41. The zero-order chi connectivity index (χ0) is 17.6. The molecule has 0 radical (unpaired) electrons. The van der Waals surface area contributed by atoms with Crippen LogP contribution >= 0.6 is 34.8 Å². The monoisotopic (exact) mass is 391 g/mol. The first-order valence-electron chi connectivity index (χ1n) is 7.27. The third-order valence-electron chi connectivity index (χ3n) is 3.10. The molecule has 0 aliphatic heterocycles. The van der Waals surface area contributed by atoms with E-state index < -0.39 is 0 Å². The van der Waals surface area contributed by atoms with E-state index in [1.54, 1.807) is 24.3 Å². The lowest BCUT2D eigenvalue weighted by atomic mass is 10.2. The summed E-state index contributed by atoms with van der Waals surface area (Å²) in [5.74, 6) is 0.685. The summed E-state index contributed by atoms with van der Waals surface area (Å²) in [5, 5.41) is 12.8. The van der Waals surface area contributed by atoms with Gasteiger partial charge in [-0.2, -0.15) is 15.1 Å². The lowest BCUT2D eigenvalue weighted by Gasteiger charge is -2.06. The number of rotatable bonds is 5. The SMILES string of the molecule is Clc1ccc(Nc2cc(Cl)nc(N=NCc3cccc(Cl)c3)n2)cc1. The quantitative estimate of drug-likeness (QED) is 0.400. The van der Waals surface area contributed by atoms with Gasteiger partial charge in [0.05, 0.1) is 6.54 Å². The third kappa shape index (κ3) is 5.39. The molecule has 0 bridgehead atoms. The Kier molecular flexibility index (Phi) is 5.81. The normalized spacial score (nSPS) is 11.0. The van der Waals surface area contributed by atoms with E-state index in [4.69, 9.17) is 34.8 Å². The summed E-state index contributed by atoms with van der Waals surface area (Å²) in [6.07, 6.45) is 0. The number of nitrogens with zero attached hydrogens (tertiary/aromatic N) is 4. The van der Waals surface area contributed by atoms with Gasteiger partial charge in [-0.3, -0.25) is 0 Å². The minimum Gasteiger partial charge on any atom is -0.340 e. The number of nitrogens with one attached hydrogen (secondary N) is 1. The molecular weight excluding hydrogens is 381 g/mol. The van der Waals surface area contributed by atoms with Gasteiger partial charge < -0.3 is 5.32 Å². The average molecular weight is 393 g/mol. The Bertz CT molecular complexity index is 897. The van der Waals surface area contributed by atoms with Crippen molar-refractivity contribution in [1.29, 1.82) is 0 Å². The lowest BCUT2D eigenvalue weighted by Crippen LogP contribution is -1.94. The summed E-state index contributed by atoms with van der Waals surface area (Å²) in [6, 6.07) is 16.2. The van der Waals surface area contributed by atoms with Crippen LogP contribution in [0.15, 0.2) is 64.8 Å². The van der Waals surface area contributed by atoms with Crippen molar-refractivity contribution in [1.82, 2.24) is 9.97 Å². The smallest absolute Gasteiger partial charge is 0.271 e. The number of hydrogen-bond acceptors (Lipinski definition) is 5. The second-order valence-electron chi connectivity index (χ2n) is 5.04. The van der Waals surface area contributed by atoms with Gasteiger partial charge in [0.1, 0.15) is 11.0 Å². The van der Waals surface area contributed by atoms with Crippen LogP contribution in [0.25, 0.3) is 0 Å². The van der Waals surface area contributed by atoms with Crippen LogP contribution in [0.2, 0.25) is 15.2 Å². The largest absolute Gasteiger partial charge is 0.340 e. The van der Waals surface area contributed by atoms with E-state index in [1.165, 1.54) is 0 Å². The predicted molar refractivity (Wildman–Crippen MR) is 101 cm³/mol. The van der Waals surface area contributed by atoms with E-state index in [2.05, 4.69) is 25.5 Å². The molecule has 25 heavy (non-hydrogen) atoms.